The third kappa shape index (κ3) is 1.99. The molecule has 1 aliphatic carbocycles. The van der Waals surface area contributed by atoms with Gasteiger partial charge in [-0.15, -0.1) is 0 Å². The first-order valence-corrected chi connectivity index (χ1v) is 7.45. The van der Waals surface area contributed by atoms with Crippen LogP contribution >= 0.6 is 0 Å². The number of benzene rings is 1. The van der Waals surface area contributed by atoms with Crippen LogP contribution in [0.3, 0.4) is 0 Å². The van der Waals surface area contributed by atoms with Crippen LogP contribution in [0.1, 0.15) is 36.4 Å². The van der Waals surface area contributed by atoms with Gasteiger partial charge in [0.05, 0.1) is 22.8 Å². The van der Waals surface area contributed by atoms with Gasteiger partial charge in [0.15, 0.2) is 0 Å². The fourth-order valence-corrected chi connectivity index (χ4v) is 3.47. The number of hydrogen-bond acceptors (Lipinski definition) is 3. The Kier molecular flexibility index (Phi) is 2.75. The van der Waals surface area contributed by atoms with Gasteiger partial charge in [0.1, 0.15) is 0 Å². The summed E-state index contributed by atoms with van der Waals surface area (Å²) in [5.41, 5.74) is 2.93. The largest absolute Gasteiger partial charge is 0.303 e. The zero-order valence-corrected chi connectivity index (χ0v) is 11.5. The molecule has 20 heavy (non-hydrogen) atoms. The van der Waals surface area contributed by atoms with Crippen LogP contribution < -0.4 is 0 Å². The van der Waals surface area contributed by atoms with E-state index in [0.717, 1.165) is 22.4 Å². The van der Waals surface area contributed by atoms with Crippen molar-refractivity contribution < 1.29 is 0 Å². The molecular weight excluding hydrogens is 248 g/mol. The predicted molar refractivity (Wildman–Crippen MR) is 77.3 cm³/mol. The van der Waals surface area contributed by atoms with Crippen molar-refractivity contribution in [2.45, 2.75) is 25.2 Å². The maximum absolute atomic E-state index is 9.03. The van der Waals surface area contributed by atoms with Crippen molar-refractivity contribution in [3.05, 3.63) is 29.5 Å². The van der Waals surface area contributed by atoms with E-state index in [4.69, 9.17) is 5.26 Å². The summed E-state index contributed by atoms with van der Waals surface area (Å²) in [5, 5.41) is 17.8. The summed E-state index contributed by atoms with van der Waals surface area (Å²) in [7, 11) is 0. The van der Waals surface area contributed by atoms with Gasteiger partial charge in [0.2, 0.25) is 0 Å². The van der Waals surface area contributed by atoms with E-state index in [1.807, 2.05) is 18.2 Å². The van der Waals surface area contributed by atoms with Gasteiger partial charge in [-0.3, -0.25) is 5.10 Å². The first-order valence-electron chi connectivity index (χ1n) is 7.45. The van der Waals surface area contributed by atoms with Gasteiger partial charge in [0, 0.05) is 17.8 Å². The van der Waals surface area contributed by atoms with E-state index in [1.54, 1.807) is 0 Å². The van der Waals surface area contributed by atoms with Crippen LogP contribution in [-0.4, -0.2) is 34.7 Å². The number of nitrogens with zero attached hydrogens (tertiary/aromatic N) is 3. The Labute approximate surface area is 118 Å². The number of nitrogens with one attached hydrogen (secondary N) is 1. The van der Waals surface area contributed by atoms with Crippen LogP contribution in [0.25, 0.3) is 10.9 Å². The predicted octanol–water partition coefficient (Wildman–Crippen LogP) is 2.63. The monoisotopic (exact) mass is 266 g/mol. The number of fused-ring (bicyclic) bond motifs is 1. The molecule has 1 N–H and O–H groups in total. The fraction of sp³-hybridized carbons (Fsp3) is 0.500. The maximum Gasteiger partial charge on any atom is 0.0991 e. The summed E-state index contributed by atoms with van der Waals surface area (Å²) in [4.78, 5) is 2.58. The van der Waals surface area contributed by atoms with E-state index in [0.29, 0.717) is 5.92 Å². The molecule has 102 valence electrons. The lowest BCUT2D eigenvalue weighted by molar-refractivity contribution is 0.321. The van der Waals surface area contributed by atoms with Crippen molar-refractivity contribution in [1.29, 1.82) is 5.26 Å². The van der Waals surface area contributed by atoms with Crippen LogP contribution in [0, 0.1) is 17.2 Å². The number of aromatic nitrogens is 2. The van der Waals surface area contributed by atoms with Crippen LogP contribution in [0.2, 0.25) is 0 Å². The Morgan fingerprint density at radius 2 is 2.20 bits per heavy atom. The quantitative estimate of drug-likeness (QED) is 0.929. The molecule has 0 bridgehead atoms. The summed E-state index contributed by atoms with van der Waals surface area (Å²) < 4.78 is 0. The Hall–Kier alpha value is -1.86. The highest BCUT2D eigenvalue weighted by Crippen LogP contribution is 2.49. The standard InChI is InChI=1S/C16H18N4/c17-9-11-3-4-15-14(7-11)16(19-18-15)13-8-12(13)10-20-5-1-2-6-20/h3-4,7,12-13H,1-2,5-6,8,10H2,(H,18,19). The Bertz CT molecular complexity index is 675. The average molecular weight is 266 g/mol. The SMILES string of the molecule is N#Cc1ccc2[nH]nc(C3CC3CN3CCCC3)c2c1. The van der Waals surface area contributed by atoms with E-state index in [-0.39, 0.29) is 0 Å². The third-order valence-electron chi connectivity index (χ3n) is 4.69. The Morgan fingerprint density at radius 3 is 3.00 bits per heavy atom. The summed E-state index contributed by atoms with van der Waals surface area (Å²) in [5.74, 6) is 1.34. The highest BCUT2D eigenvalue weighted by Gasteiger charge is 2.42. The highest BCUT2D eigenvalue weighted by atomic mass is 15.2. The van der Waals surface area contributed by atoms with Gasteiger partial charge in [-0.05, 0) is 56.5 Å². The first-order chi connectivity index (χ1) is 9.85. The van der Waals surface area contributed by atoms with Crippen molar-refractivity contribution >= 4 is 10.9 Å². The van der Waals surface area contributed by atoms with E-state index < -0.39 is 0 Å². The zero-order chi connectivity index (χ0) is 13.5. The summed E-state index contributed by atoms with van der Waals surface area (Å²) in [6, 6.07) is 7.99. The number of rotatable bonds is 3. The molecule has 0 amide bonds. The van der Waals surface area contributed by atoms with Gasteiger partial charge in [-0.1, -0.05) is 0 Å². The molecule has 0 radical (unpaired) electrons. The molecule has 1 aliphatic heterocycles. The van der Waals surface area contributed by atoms with Crippen molar-refractivity contribution in [1.82, 2.24) is 15.1 Å². The molecule has 1 aromatic heterocycles. The number of aromatic amines is 1. The molecule has 2 aliphatic rings. The summed E-state index contributed by atoms with van der Waals surface area (Å²) in [6.07, 6.45) is 3.95. The number of hydrogen-bond donors (Lipinski definition) is 1. The maximum atomic E-state index is 9.03. The molecule has 4 rings (SSSR count). The fourth-order valence-electron chi connectivity index (χ4n) is 3.47. The molecule has 2 heterocycles. The van der Waals surface area contributed by atoms with Crippen molar-refractivity contribution in [2.24, 2.45) is 5.92 Å². The van der Waals surface area contributed by atoms with Crippen LogP contribution in [0.15, 0.2) is 18.2 Å². The zero-order valence-electron chi connectivity index (χ0n) is 11.5. The Morgan fingerprint density at radius 1 is 1.35 bits per heavy atom. The molecule has 1 saturated heterocycles. The number of likely N-dealkylation sites (tertiary alicyclic amines) is 1. The highest BCUT2D eigenvalue weighted by molar-refractivity contribution is 5.83. The van der Waals surface area contributed by atoms with Gasteiger partial charge in [0.25, 0.3) is 0 Å². The summed E-state index contributed by atoms with van der Waals surface area (Å²) >= 11 is 0. The van der Waals surface area contributed by atoms with Crippen LogP contribution in [-0.2, 0) is 0 Å². The molecule has 1 saturated carbocycles. The molecule has 2 unspecified atom stereocenters. The third-order valence-corrected chi connectivity index (χ3v) is 4.69. The van der Waals surface area contributed by atoms with Gasteiger partial charge >= 0.3 is 0 Å². The second-order valence-corrected chi connectivity index (χ2v) is 6.09. The van der Waals surface area contributed by atoms with E-state index >= 15 is 0 Å². The first kappa shape index (κ1) is 11.9. The normalized spacial score (nSPS) is 25.9. The van der Waals surface area contributed by atoms with Crippen molar-refractivity contribution in [3.8, 4) is 6.07 Å². The molecule has 2 fully saturated rings. The smallest absolute Gasteiger partial charge is 0.0991 e. The van der Waals surface area contributed by atoms with Crippen molar-refractivity contribution in [3.63, 3.8) is 0 Å². The van der Waals surface area contributed by atoms with Gasteiger partial charge in [-0.2, -0.15) is 10.4 Å². The molecular formula is C16H18N4. The second kappa shape index (κ2) is 4.60. The number of H-pyrrole nitrogens is 1. The van der Waals surface area contributed by atoms with E-state index in [2.05, 4.69) is 21.2 Å². The molecule has 4 nitrogen and oxygen atoms in total. The molecule has 0 spiro atoms. The average Bonchev–Trinajstić information content (AvgIpc) is 2.91. The molecule has 1 aromatic carbocycles. The molecule has 2 atom stereocenters. The minimum absolute atomic E-state index is 0.582. The lowest BCUT2D eigenvalue weighted by Crippen LogP contribution is -2.22. The minimum Gasteiger partial charge on any atom is -0.303 e. The van der Waals surface area contributed by atoms with Gasteiger partial charge < -0.3 is 4.90 Å². The second-order valence-electron chi connectivity index (χ2n) is 6.09. The van der Waals surface area contributed by atoms with Crippen molar-refractivity contribution in [2.75, 3.05) is 19.6 Å². The molecule has 2 aromatic rings. The van der Waals surface area contributed by atoms with Crippen LogP contribution in [0.4, 0.5) is 0 Å². The van der Waals surface area contributed by atoms with E-state index in [9.17, 15) is 0 Å². The van der Waals surface area contributed by atoms with Crippen LogP contribution in [0.5, 0.6) is 0 Å². The lowest BCUT2D eigenvalue weighted by Gasteiger charge is -2.13. The molecule has 4 heteroatoms. The lowest BCUT2D eigenvalue weighted by atomic mass is 10.1. The number of nitriles is 1. The summed E-state index contributed by atoms with van der Waals surface area (Å²) in [6.45, 7) is 3.75. The minimum atomic E-state index is 0.582. The Balaban J connectivity index is 1.56. The van der Waals surface area contributed by atoms with E-state index in [1.165, 1.54) is 44.6 Å². The van der Waals surface area contributed by atoms with Gasteiger partial charge in [-0.25, -0.2) is 0 Å². The topological polar surface area (TPSA) is 55.7 Å².